The second kappa shape index (κ2) is 9.09. The number of benzene rings is 2. The van der Waals surface area contributed by atoms with E-state index in [4.69, 9.17) is 9.47 Å². The molecular weight excluding hydrogens is 458 g/mol. The average molecular weight is 490 g/mol. The van der Waals surface area contributed by atoms with Crippen LogP contribution in [-0.2, 0) is 21.6 Å². The number of carbonyl (C=O) groups excluding carboxylic acids is 3. The zero-order valence-corrected chi connectivity index (χ0v) is 21.1. The molecule has 36 heavy (non-hydrogen) atoms. The van der Waals surface area contributed by atoms with Crippen LogP contribution >= 0.6 is 0 Å². The molecule has 2 saturated heterocycles. The van der Waals surface area contributed by atoms with Crippen LogP contribution in [0.15, 0.2) is 42.5 Å². The quantitative estimate of drug-likeness (QED) is 0.399. The molecule has 3 heterocycles. The second-order valence-electron chi connectivity index (χ2n) is 9.83. The van der Waals surface area contributed by atoms with Gasteiger partial charge in [0.25, 0.3) is 5.91 Å². The van der Waals surface area contributed by atoms with Gasteiger partial charge < -0.3 is 19.4 Å². The van der Waals surface area contributed by atoms with Gasteiger partial charge >= 0.3 is 6.03 Å². The van der Waals surface area contributed by atoms with Gasteiger partial charge in [0.1, 0.15) is 11.3 Å². The number of hydrogen-bond donors (Lipinski definition) is 1. The molecule has 3 amide bonds. The van der Waals surface area contributed by atoms with Gasteiger partial charge in [-0.15, -0.1) is 0 Å². The summed E-state index contributed by atoms with van der Waals surface area (Å²) in [5.41, 5.74) is 1.71. The van der Waals surface area contributed by atoms with Crippen LogP contribution in [-0.4, -0.2) is 53.6 Å². The first-order valence-electron chi connectivity index (χ1n) is 12.2. The number of methoxy groups -OCH3 is 1. The number of nitrogens with one attached hydrogen (secondary N) is 1. The Morgan fingerprint density at radius 3 is 2.61 bits per heavy atom. The number of ketones is 1. The highest BCUT2D eigenvalue weighted by atomic mass is 16.5. The van der Waals surface area contributed by atoms with Crippen LogP contribution in [0.25, 0.3) is 10.8 Å². The fourth-order valence-electron chi connectivity index (χ4n) is 5.28. The molecule has 188 valence electrons. The molecule has 2 aliphatic rings. The maximum absolute atomic E-state index is 13.5. The number of nitrogens with zero attached hydrogens (tertiary/aromatic N) is 2. The fourth-order valence-corrected chi connectivity index (χ4v) is 5.28. The Hall–Kier alpha value is -3.65. The predicted molar refractivity (Wildman–Crippen MR) is 135 cm³/mol. The molecule has 0 bridgehead atoms. The molecule has 2 aromatic carbocycles. The second-order valence-corrected chi connectivity index (χ2v) is 9.83. The molecule has 5 rings (SSSR count). The molecule has 2 fully saturated rings. The third kappa shape index (κ3) is 4.05. The van der Waals surface area contributed by atoms with Gasteiger partial charge in [-0.2, -0.15) is 0 Å². The highest BCUT2D eigenvalue weighted by Crippen LogP contribution is 2.32. The first kappa shape index (κ1) is 24.1. The van der Waals surface area contributed by atoms with E-state index in [1.807, 2.05) is 56.3 Å². The number of aryl methyl sites for hydroxylation is 1. The summed E-state index contributed by atoms with van der Waals surface area (Å²) in [7, 11) is 1.61. The normalized spacial score (nSPS) is 21.9. The molecule has 0 aliphatic carbocycles. The lowest BCUT2D eigenvalue weighted by molar-refractivity contribution is -0.130. The largest absolute Gasteiger partial charge is 0.497 e. The van der Waals surface area contributed by atoms with E-state index in [0.717, 1.165) is 52.3 Å². The molecule has 0 unspecified atom stereocenters. The van der Waals surface area contributed by atoms with Gasteiger partial charge in [-0.1, -0.05) is 18.2 Å². The summed E-state index contributed by atoms with van der Waals surface area (Å²) in [5, 5.41) is 4.69. The number of urea groups is 1. The summed E-state index contributed by atoms with van der Waals surface area (Å²) in [6, 6.07) is 12.5. The van der Waals surface area contributed by atoms with Crippen molar-refractivity contribution in [2.75, 3.05) is 20.3 Å². The summed E-state index contributed by atoms with van der Waals surface area (Å²) in [6.45, 7) is 6.69. The van der Waals surface area contributed by atoms with E-state index >= 15 is 0 Å². The van der Waals surface area contributed by atoms with E-state index < -0.39 is 17.5 Å². The van der Waals surface area contributed by atoms with Crippen molar-refractivity contribution in [3.05, 3.63) is 65.0 Å². The molecule has 2 aliphatic heterocycles. The molecular formula is C28H31N3O5. The minimum absolute atomic E-state index is 0.146. The Balaban J connectivity index is 1.36. The lowest BCUT2D eigenvalue weighted by Crippen LogP contribution is -2.41. The van der Waals surface area contributed by atoms with E-state index in [9.17, 15) is 14.4 Å². The Bertz CT molecular complexity index is 1370. The van der Waals surface area contributed by atoms with Crippen molar-refractivity contribution in [1.29, 1.82) is 0 Å². The number of imide groups is 1. The Labute approximate surface area is 210 Å². The minimum atomic E-state index is -1.26. The van der Waals surface area contributed by atoms with Crippen molar-refractivity contribution >= 4 is 28.5 Å². The predicted octanol–water partition coefficient (Wildman–Crippen LogP) is 4.10. The maximum Gasteiger partial charge on any atom is 0.325 e. The van der Waals surface area contributed by atoms with Crippen LogP contribution in [0.3, 0.4) is 0 Å². The number of carbonyl (C=O) groups is 3. The van der Waals surface area contributed by atoms with E-state index in [1.54, 1.807) is 14.0 Å². The van der Waals surface area contributed by atoms with Gasteiger partial charge in [0.15, 0.2) is 5.78 Å². The van der Waals surface area contributed by atoms with Crippen LogP contribution in [0.5, 0.6) is 5.75 Å². The average Bonchev–Trinajstić information content (AvgIpc) is 3.54. The number of amides is 3. The van der Waals surface area contributed by atoms with Crippen LogP contribution in [0, 0.1) is 13.8 Å². The molecule has 0 spiro atoms. The number of hydrogen-bond acceptors (Lipinski definition) is 5. The third-order valence-electron chi connectivity index (χ3n) is 7.49. The molecule has 0 saturated carbocycles. The highest BCUT2D eigenvalue weighted by Gasteiger charge is 2.49. The third-order valence-corrected chi connectivity index (χ3v) is 7.49. The van der Waals surface area contributed by atoms with Crippen LogP contribution in [0.1, 0.15) is 47.1 Å². The standard InChI is InChI=1S/C28H31N3O5/c1-17-12-24(18(2)30(17)15-23-6-5-11-36-23)25(32)16-31-26(33)28(3,29-27(31)34)21-9-7-20-14-22(35-4)10-8-19(20)13-21/h7-10,12-14,23H,5-6,11,15-16H2,1-4H3,(H,29,34)/t23-,28+/m1/s1. The van der Waals surface area contributed by atoms with Crippen molar-refractivity contribution in [2.24, 2.45) is 0 Å². The summed E-state index contributed by atoms with van der Waals surface area (Å²) in [4.78, 5) is 40.6. The molecule has 8 nitrogen and oxygen atoms in total. The lowest BCUT2D eigenvalue weighted by atomic mass is 9.90. The maximum atomic E-state index is 13.5. The van der Waals surface area contributed by atoms with E-state index in [2.05, 4.69) is 9.88 Å². The summed E-state index contributed by atoms with van der Waals surface area (Å²) >= 11 is 0. The fraction of sp³-hybridized carbons (Fsp3) is 0.393. The van der Waals surface area contributed by atoms with Gasteiger partial charge in [0.2, 0.25) is 0 Å². The number of Topliss-reactive ketones (excluding diaryl/α,β-unsaturated/α-hetero) is 1. The summed E-state index contributed by atoms with van der Waals surface area (Å²) < 4.78 is 13.1. The van der Waals surface area contributed by atoms with Gasteiger partial charge in [-0.05, 0) is 74.2 Å². The van der Waals surface area contributed by atoms with Crippen molar-refractivity contribution in [3.8, 4) is 5.75 Å². The number of rotatable bonds is 7. The molecule has 2 atom stereocenters. The SMILES string of the molecule is COc1ccc2cc([C@]3(C)NC(=O)N(CC(=O)c4cc(C)n(C[C@H]5CCCO5)c4C)C3=O)ccc2c1. The lowest BCUT2D eigenvalue weighted by Gasteiger charge is -2.22. The molecule has 1 N–H and O–H groups in total. The zero-order valence-electron chi connectivity index (χ0n) is 21.1. The van der Waals surface area contributed by atoms with Crippen molar-refractivity contribution < 1.29 is 23.9 Å². The minimum Gasteiger partial charge on any atom is -0.497 e. The molecule has 0 radical (unpaired) electrons. The summed E-state index contributed by atoms with van der Waals surface area (Å²) in [5.74, 6) is 0.0356. The Morgan fingerprint density at radius 1 is 1.14 bits per heavy atom. The van der Waals surface area contributed by atoms with Gasteiger partial charge in [-0.25, -0.2) is 4.79 Å². The van der Waals surface area contributed by atoms with E-state index in [1.165, 1.54) is 0 Å². The highest BCUT2D eigenvalue weighted by molar-refractivity contribution is 6.11. The number of fused-ring (bicyclic) bond motifs is 1. The van der Waals surface area contributed by atoms with Crippen molar-refractivity contribution in [3.63, 3.8) is 0 Å². The number of aromatic nitrogens is 1. The van der Waals surface area contributed by atoms with Gasteiger partial charge in [0, 0.05) is 30.1 Å². The molecule has 3 aromatic rings. The molecule has 8 heteroatoms. The van der Waals surface area contributed by atoms with E-state index in [-0.39, 0.29) is 18.4 Å². The Kier molecular flexibility index (Phi) is 6.08. The van der Waals surface area contributed by atoms with Crippen LogP contribution < -0.4 is 10.1 Å². The van der Waals surface area contributed by atoms with Gasteiger partial charge in [0.05, 0.1) is 19.8 Å². The number of ether oxygens (including phenoxy) is 2. The van der Waals surface area contributed by atoms with Crippen molar-refractivity contribution in [2.45, 2.75) is 51.8 Å². The van der Waals surface area contributed by atoms with Crippen molar-refractivity contribution in [1.82, 2.24) is 14.8 Å². The topological polar surface area (TPSA) is 89.9 Å². The van der Waals surface area contributed by atoms with Gasteiger partial charge in [-0.3, -0.25) is 14.5 Å². The zero-order chi connectivity index (χ0) is 25.6. The smallest absolute Gasteiger partial charge is 0.325 e. The monoisotopic (exact) mass is 489 g/mol. The Morgan fingerprint density at radius 2 is 1.89 bits per heavy atom. The first-order valence-corrected chi connectivity index (χ1v) is 12.2. The summed E-state index contributed by atoms with van der Waals surface area (Å²) in [6.07, 6.45) is 2.20. The molecule has 1 aromatic heterocycles. The van der Waals surface area contributed by atoms with Crippen LogP contribution in [0.4, 0.5) is 4.79 Å². The van der Waals surface area contributed by atoms with E-state index in [0.29, 0.717) is 17.7 Å². The first-order chi connectivity index (χ1) is 17.2. The van der Waals surface area contributed by atoms with Crippen LogP contribution in [0.2, 0.25) is 0 Å².